The second-order valence-corrected chi connectivity index (χ2v) is 12.0. The molecule has 0 aliphatic carbocycles. The highest BCUT2D eigenvalue weighted by molar-refractivity contribution is 5.91. The number of ether oxygens (including phenoxy) is 1. The van der Waals surface area contributed by atoms with E-state index in [1.165, 1.54) is 16.2 Å². The Bertz CT molecular complexity index is 1430. The lowest BCUT2D eigenvalue weighted by atomic mass is 10.00. The summed E-state index contributed by atoms with van der Waals surface area (Å²) in [5, 5.41) is 9.50. The number of fused-ring (bicyclic) bond motifs is 2. The van der Waals surface area contributed by atoms with Gasteiger partial charge in [0.2, 0.25) is 0 Å². The quantitative estimate of drug-likeness (QED) is 0.448. The lowest BCUT2D eigenvalue weighted by Gasteiger charge is -2.42. The molecule has 2 fully saturated rings. The van der Waals surface area contributed by atoms with Crippen LogP contribution in [0.3, 0.4) is 0 Å². The Morgan fingerprint density at radius 1 is 1.07 bits per heavy atom. The van der Waals surface area contributed by atoms with Gasteiger partial charge >= 0.3 is 6.01 Å². The van der Waals surface area contributed by atoms with Crippen molar-refractivity contribution in [2.45, 2.75) is 57.2 Å². The number of likely N-dealkylation sites (N-methyl/N-ethyl adjacent to an activating group) is 1. The Balaban J connectivity index is 1.31. The molecule has 2 aromatic rings. The molecule has 6 heterocycles. The van der Waals surface area contributed by atoms with Crippen molar-refractivity contribution < 1.29 is 13.9 Å². The van der Waals surface area contributed by atoms with Gasteiger partial charge in [-0.2, -0.15) is 15.2 Å². The van der Waals surface area contributed by atoms with Crippen molar-refractivity contribution in [3.05, 3.63) is 41.5 Å². The first-order chi connectivity index (χ1) is 20.8. The van der Waals surface area contributed by atoms with Crippen LogP contribution in [0.25, 0.3) is 0 Å². The van der Waals surface area contributed by atoms with E-state index in [0.29, 0.717) is 38.3 Å². The van der Waals surface area contributed by atoms with Crippen LogP contribution >= 0.6 is 0 Å². The summed E-state index contributed by atoms with van der Waals surface area (Å²) < 4.78 is 20.1. The summed E-state index contributed by atoms with van der Waals surface area (Å²) in [6.45, 7) is 8.24. The number of pyridine rings is 1. The molecule has 4 aliphatic heterocycles. The van der Waals surface area contributed by atoms with Gasteiger partial charge in [0.25, 0.3) is 5.91 Å². The predicted molar refractivity (Wildman–Crippen MR) is 162 cm³/mol. The fourth-order valence-electron chi connectivity index (χ4n) is 6.96. The summed E-state index contributed by atoms with van der Waals surface area (Å²) in [7, 11) is 4.25. The molecule has 0 saturated carbocycles. The van der Waals surface area contributed by atoms with Gasteiger partial charge < -0.3 is 29.2 Å². The number of halogens is 1. The van der Waals surface area contributed by atoms with Crippen LogP contribution in [0.4, 0.5) is 21.7 Å². The molecule has 0 aromatic carbocycles. The molecule has 228 valence electrons. The molecule has 0 unspecified atom stereocenters. The van der Waals surface area contributed by atoms with Gasteiger partial charge in [-0.1, -0.05) is 6.58 Å². The van der Waals surface area contributed by atoms with Crippen molar-refractivity contribution in [2.24, 2.45) is 0 Å². The molecule has 2 aromatic heterocycles. The largest absolute Gasteiger partial charge is 0.462 e. The van der Waals surface area contributed by atoms with E-state index in [4.69, 9.17) is 19.7 Å². The van der Waals surface area contributed by atoms with Crippen LogP contribution in [0.2, 0.25) is 0 Å². The molecule has 6 rings (SSSR count). The summed E-state index contributed by atoms with van der Waals surface area (Å²) in [5.41, 5.74) is 4.47. The first-order valence-electron chi connectivity index (χ1n) is 15.3. The van der Waals surface area contributed by atoms with E-state index in [9.17, 15) is 14.4 Å². The molecule has 0 radical (unpaired) electrons. The molecule has 43 heavy (non-hydrogen) atoms. The van der Waals surface area contributed by atoms with Gasteiger partial charge in [-0.05, 0) is 51.8 Å². The number of carbonyl (C=O) groups is 1. The first-order valence-corrected chi connectivity index (χ1v) is 15.3. The maximum Gasteiger partial charge on any atom is 0.318 e. The Labute approximate surface area is 252 Å². The zero-order valence-electron chi connectivity index (χ0n) is 25.1. The van der Waals surface area contributed by atoms with E-state index in [-0.39, 0.29) is 13.0 Å². The van der Waals surface area contributed by atoms with Crippen molar-refractivity contribution in [3.8, 4) is 12.1 Å². The van der Waals surface area contributed by atoms with Gasteiger partial charge in [0.1, 0.15) is 18.2 Å². The third kappa shape index (κ3) is 5.83. The van der Waals surface area contributed by atoms with E-state index in [2.05, 4.69) is 52.4 Å². The lowest BCUT2D eigenvalue weighted by Crippen LogP contribution is -2.55. The van der Waals surface area contributed by atoms with E-state index < -0.39 is 17.8 Å². The van der Waals surface area contributed by atoms with E-state index in [1.807, 2.05) is 6.20 Å². The Hall–Kier alpha value is -3.98. The highest BCUT2D eigenvalue weighted by Crippen LogP contribution is 2.36. The third-order valence-electron chi connectivity index (χ3n) is 9.34. The Morgan fingerprint density at radius 2 is 1.93 bits per heavy atom. The van der Waals surface area contributed by atoms with Crippen LogP contribution in [0.5, 0.6) is 6.01 Å². The molecule has 0 spiro atoms. The van der Waals surface area contributed by atoms with Crippen molar-refractivity contribution in [1.29, 1.82) is 5.26 Å². The minimum atomic E-state index is -1.01. The molecular formula is C31H40FN9O2. The minimum Gasteiger partial charge on any atom is -0.462 e. The van der Waals surface area contributed by atoms with Crippen LogP contribution < -0.4 is 19.4 Å². The van der Waals surface area contributed by atoms with Crippen LogP contribution in [-0.2, 0) is 24.2 Å². The molecule has 0 N–H and O–H groups in total. The van der Waals surface area contributed by atoms with Gasteiger partial charge in [0.15, 0.2) is 5.83 Å². The minimum absolute atomic E-state index is 0.0905. The fraction of sp³-hybridized carbons (Fsp3) is 0.581. The lowest BCUT2D eigenvalue weighted by molar-refractivity contribution is -0.131. The fourth-order valence-corrected chi connectivity index (χ4v) is 6.96. The predicted octanol–water partition coefficient (Wildman–Crippen LogP) is 2.70. The topological polar surface area (TPSA) is 105 Å². The standard InChI is InChI=1S/C31H40FN9O2/c1-21(32)30(42)41-17-16-40(18-22(41)8-11-33)29-24-10-15-39(28-25-7-5-14-38(3)27(25)9-12-34-28)19-26(24)35-31(36-29)43-20-23-6-4-13-37(23)2/h9,12,22-23H,1,4-8,10,13-20H2,2-3H3/t22-,23-/m0/s1. The molecular weight excluding hydrogens is 549 g/mol. The molecule has 11 nitrogen and oxygen atoms in total. The molecule has 2 atom stereocenters. The normalized spacial score (nSPS) is 22.2. The number of aromatic nitrogens is 3. The number of hydrogen-bond donors (Lipinski definition) is 0. The van der Waals surface area contributed by atoms with E-state index in [0.717, 1.165) is 74.6 Å². The van der Waals surface area contributed by atoms with Crippen LogP contribution in [0, 0.1) is 11.3 Å². The summed E-state index contributed by atoms with van der Waals surface area (Å²) in [6, 6.07) is 4.45. The second kappa shape index (κ2) is 12.3. The van der Waals surface area contributed by atoms with Crippen molar-refractivity contribution in [2.75, 3.05) is 74.7 Å². The average Bonchev–Trinajstić information content (AvgIpc) is 3.43. The zero-order chi connectivity index (χ0) is 30.1. The molecule has 2 saturated heterocycles. The summed E-state index contributed by atoms with van der Waals surface area (Å²) in [5.74, 6) is 0.0227. The average molecular weight is 590 g/mol. The third-order valence-corrected chi connectivity index (χ3v) is 9.34. The Kier molecular flexibility index (Phi) is 8.34. The number of anilines is 3. The number of nitrogens with zero attached hydrogens (tertiary/aromatic N) is 9. The van der Waals surface area contributed by atoms with Gasteiger partial charge in [0, 0.05) is 68.8 Å². The van der Waals surface area contributed by atoms with Crippen LogP contribution in [0.1, 0.15) is 42.5 Å². The summed E-state index contributed by atoms with van der Waals surface area (Å²) >= 11 is 0. The van der Waals surface area contributed by atoms with Gasteiger partial charge in [-0.15, -0.1) is 0 Å². The first kappa shape index (κ1) is 29.1. The number of rotatable bonds is 7. The number of hydrogen-bond acceptors (Lipinski definition) is 10. The van der Waals surface area contributed by atoms with Crippen molar-refractivity contribution >= 4 is 23.2 Å². The number of carbonyl (C=O) groups excluding carboxylic acids is 1. The second-order valence-electron chi connectivity index (χ2n) is 12.0. The smallest absolute Gasteiger partial charge is 0.318 e. The molecule has 4 aliphatic rings. The maximum absolute atomic E-state index is 13.8. The van der Waals surface area contributed by atoms with Gasteiger partial charge in [-0.3, -0.25) is 4.79 Å². The molecule has 1 amide bonds. The number of likely N-dealkylation sites (tertiary alicyclic amines) is 1. The SMILES string of the molecule is C=C(F)C(=O)N1CCN(c2nc(OC[C@@H]3CCCN3C)nc3c2CCN(c2nccc4c2CCCN4C)C3)C[C@@H]1CC#N. The van der Waals surface area contributed by atoms with Crippen molar-refractivity contribution in [1.82, 2.24) is 24.8 Å². The van der Waals surface area contributed by atoms with Gasteiger partial charge in [-0.25, -0.2) is 9.37 Å². The monoisotopic (exact) mass is 589 g/mol. The van der Waals surface area contributed by atoms with Crippen LogP contribution in [0.15, 0.2) is 24.7 Å². The van der Waals surface area contributed by atoms with Crippen LogP contribution in [-0.4, -0.2) is 103 Å². The van der Waals surface area contributed by atoms with E-state index >= 15 is 0 Å². The van der Waals surface area contributed by atoms with Gasteiger partial charge in [0.05, 0.1) is 30.8 Å². The van der Waals surface area contributed by atoms with E-state index in [1.54, 1.807) is 0 Å². The number of amides is 1. The maximum atomic E-state index is 13.8. The number of piperazine rings is 1. The Morgan fingerprint density at radius 3 is 2.70 bits per heavy atom. The summed E-state index contributed by atoms with van der Waals surface area (Å²) in [4.78, 5) is 37.7. The highest BCUT2D eigenvalue weighted by Gasteiger charge is 2.35. The molecule has 12 heteroatoms. The van der Waals surface area contributed by atoms with Crippen molar-refractivity contribution in [3.63, 3.8) is 0 Å². The summed E-state index contributed by atoms with van der Waals surface area (Å²) in [6.07, 6.45) is 7.03. The number of nitriles is 1. The molecule has 0 bridgehead atoms. The zero-order valence-corrected chi connectivity index (χ0v) is 25.1. The highest BCUT2D eigenvalue weighted by atomic mass is 19.1.